The van der Waals surface area contributed by atoms with Gasteiger partial charge in [-0.15, -0.1) is 0 Å². The third-order valence-electron chi connectivity index (χ3n) is 21.7. The first-order valence-electron chi connectivity index (χ1n) is 40.1. The van der Waals surface area contributed by atoms with Gasteiger partial charge in [-0.05, 0) is 184 Å². The number of hydrogen-bond acceptors (Lipinski definition) is 20. The van der Waals surface area contributed by atoms with Crippen LogP contribution in [0.2, 0.25) is 0 Å². The number of aromatic nitrogens is 20. The fourth-order valence-electron chi connectivity index (χ4n) is 15.7. The summed E-state index contributed by atoms with van der Waals surface area (Å²) in [7, 11) is 0. The summed E-state index contributed by atoms with van der Waals surface area (Å²) in [4.78, 5) is 118. The first-order valence-corrected chi connectivity index (χ1v) is 40.1. The molecule has 8 aromatic carbocycles. The Kier molecular flexibility index (Phi) is 22.3. The fraction of sp³-hybridized carbons (Fsp3) is 0.149. The minimum atomic E-state index is -0.390. The number of aryl methyl sites for hydroxylation is 4. The summed E-state index contributed by atoms with van der Waals surface area (Å²) < 4.78 is 21.2. The van der Waals surface area contributed by atoms with E-state index in [1.165, 1.54) is 37.4 Å². The maximum absolute atomic E-state index is 14.3. The number of aromatic amines is 4. The zero-order chi connectivity index (χ0) is 84.9. The summed E-state index contributed by atoms with van der Waals surface area (Å²) in [6.45, 7) is 15.8. The van der Waals surface area contributed by atoms with Gasteiger partial charge in [0, 0.05) is 50.6 Å². The molecule has 0 aliphatic heterocycles. The summed E-state index contributed by atoms with van der Waals surface area (Å²) in [5.74, 6) is 2.13. The first-order chi connectivity index (χ1) is 60.0. The van der Waals surface area contributed by atoms with Crippen LogP contribution in [0.1, 0.15) is 110 Å². The molecule has 0 radical (unpaired) electrons. The van der Waals surface area contributed by atoms with Crippen LogP contribution in [0.15, 0.2) is 282 Å². The van der Waals surface area contributed by atoms with E-state index in [4.69, 9.17) is 0 Å². The van der Waals surface area contributed by atoms with Gasteiger partial charge in [0.25, 0.3) is 22.2 Å². The Morgan fingerprint density at radius 3 is 1.08 bits per heavy atom. The van der Waals surface area contributed by atoms with Crippen LogP contribution in [-0.4, -0.2) is 98.0 Å². The molecule has 123 heavy (non-hydrogen) atoms. The SMILES string of the molecule is CC(Nc1ncnc2nc[nH]c12)c1cc2ccccc2c(=O)n1-c1ccccc1.CCC(Nc1ncnc2nc[nH]c12)c1cc2cccc(C)c2c(=O)n1-c1ccc(C)cc1.CCC(Nc1ncnc2nc[nH]c12)c1cc2ccccc2c(=O)n1-c1ccccc1.Cc1cc(F)cc(-n2c(C(C)Nc3ncnc4nc[nH]c34)cc3cccc(C)c3c2=O)c1. The molecule has 0 aliphatic carbocycles. The van der Waals surface area contributed by atoms with Gasteiger partial charge in [0.05, 0.1) is 65.9 Å². The van der Waals surface area contributed by atoms with Crippen LogP contribution in [0, 0.1) is 33.5 Å². The van der Waals surface area contributed by atoms with Crippen molar-refractivity contribution in [2.75, 3.05) is 21.3 Å². The zero-order valence-electron chi connectivity index (χ0n) is 68.2. The number of H-pyrrole nitrogens is 4. The second-order valence-corrected chi connectivity index (χ2v) is 29.8. The van der Waals surface area contributed by atoms with E-state index >= 15 is 0 Å². The molecule has 4 atom stereocenters. The standard InChI is InChI=1S/C25H24N6O.C24H21FN6O.C23H20N6O.C22H18N6O/c1-4-19(30-24-22-23(27-13-26-22)28-14-29-24)20-12-17-7-5-6-16(3)21(17)25(32)31(20)18-10-8-15(2)9-11-18;1-13-7-17(25)10-18(8-13)31-19(9-16-6-4-5-14(2)20(16)24(31)32)15(3)30-23-21-22(27-11-26-21)28-12-29-23;1-2-18(28-22-20-21(25-13-24-20)26-14-27-22)19-12-15-8-6-7-11-17(15)23(30)29(19)16-9-4-3-5-10-16;1-14(27-21-19-20(24-12-23-19)25-13-26-21)18-11-15-7-5-6-10-17(15)22(29)28(18)16-8-3-2-4-9-16/h5-14,19H,4H2,1-3H3,(H2,26,27,28,29,30);4-12,15H,1-3H3,(H2,26,27,28,29,30);3-14,18H,2H2,1H3,(H2,24,25,26,27,28);2-14H,1H3,(H2,23,24,25,26,27). The van der Waals surface area contributed by atoms with E-state index in [0.717, 1.165) is 113 Å². The van der Waals surface area contributed by atoms with Crippen LogP contribution in [0.5, 0.6) is 0 Å². The molecule has 0 fully saturated rings. The van der Waals surface area contributed by atoms with Crippen LogP contribution in [0.4, 0.5) is 27.7 Å². The lowest BCUT2D eigenvalue weighted by Gasteiger charge is -2.24. The number of halogens is 1. The van der Waals surface area contributed by atoms with E-state index in [2.05, 4.69) is 127 Å². The van der Waals surface area contributed by atoms with Gasteiger partial charge in [-0.2, -0.15) is 0 Å². The maximum atomic E-state index is 14.3. The minimum absolute atomic E-state index is 0.0194. The van der Waals surface area contributed by atoms with Gasteiger partial charge >= 0.3 is 0 Å². The van der Waals surface area contributed by atoms with Crippen molar-refractivity contribution in [3.63, 3.8) is 0 Å². The van der Waals surface area contributed by atoms with Crippen molar-refractivity contribution in [2.45, 2.75) is 92.4 Å². The lowest BCUT2D eigenvalue weighted by molar-refractivity contribution is 0.624. The van der Waals surface area contributed by atoms with Crippen molar-refractivity contribution in [3.05, 3.63) is 355 Å². The van der Waals surface area contributed by atoms with Gasteiger partial charge in [-0.25, -0.2) is 64.2 Å². The van der Waals surface area contributed by atoms with Crippen LogP contribution < -0.4 is 43.5 Å². The Labute approximate surface area is 701 Å². The summed E-state index contributed by atoms with van der Waals surface area (Å²) in [6, 6.07) is 66.5. The van der Waals surface area contributed by atoms with E-state index in [1.54, 1.807) is 45.9 Å². The quantitative estimate of drug-likeness (QED) is 0.0395. The number of imidazole rings is 4. The summed E-state index contributed by atoms with van der Waals surface area (Å²) in [6.07, 6.45) is 13.7. The van der Waals surface area contributed by atoms with Gasteiger partial charge < -0.3 is 41.2 Å². The minimum Gasteiger partial charge on any atom is -0.360 e. The number of nitrogens with zero attached hydrogens (tertiary/aromatic N) is 16. The molecular weight excluding hydrogens is 1550 g/mol. The Morgan fingerprint density at radius 1 is 0.325 bits per heavy atom. The fourth-order valence-corrected chi connectivity index (χ4v) is 15.7. The molecule has 20 aromatic rings. The number of para-hydroxylation sites is 2. The van der Waals surface area contributed by atoms with Crippen molar-refractivity contribution in [3.8, 4) is 22.7 Å². The predicted octanol–water partition coefficient (Wildman–Crippen LogP) is 17.5. The van der Waals surface area contributed by atoms with Crippen molar-refractivity contribution in [2.24, 2.45) is 0 Å². The number of fused-ring (bicyclic) bond motifs is 8. The van der Waals surface area contributed by atoms with Crippen LogP contribution >= 0.6 is 0 Å². The molecule has 0 aliphatic rings. The highest BCUT2D eigenvalue weighted by Crippen LogP contribution is 2.34. The molecule has 0 amide bonds. The Hall–Kier alpha value is -16.1. The van der Waals surface area contributed by atoms with Crippen molar-refractivity contribution < 1.29 is 4.39 Å². The van der Waals surface area contributed by atoms with E-state index in [-0.39, 0.29) is 46.4 Å². The largest absolute Gasteiger partial charge is 0.360 e. The van der Waals surface area contributed by atoms with Gasteiger partial charge in [0.15, 0.2) is 45.9 Å². The number of nitrogens with one attached hydrogen (secondary N) is 8. The summed E-state index contributed by atoms with van der Waals surface area (Å²) in [5, 5.41) is 20.1. The average molecular weight is 1630 g/mol. The van der Waals surface area contributed by atoms with E-state index in [1.807, 2.05) is 227 Å². The monoisotopic (exact) mass is 1630 g/mol. The Morgan fingerprint density at radius 2 is 0.667 bits per heavy atom. The molecule has 8 N–H and O–H groups in total. The number of anilines is 4. The first kappa shape index (κ1) is 79.4. The molecule has 0 saturated heterocycles. The lowest BCUT2D eigenvalue weighted by Crippen LogP contribution is -2.27. The van der Waals surface area contributed by atoms with Crippen molar-refractivity contribution >= 4 is 111 Å². The maximum Gasteiger partial charge on any atom is 0.263 e. The average Bonchev–Trinajstić information content (AvgIpc) is 1.12. The van der Waals surface area contributed by atoms with Crippen LogP contribution in [0.3, 0.4) is 0 Å². The van der Waals surface area contributed by atoms with Crippen LogP contribution in [-0.2, 0) is 0 Å². The molecule has 20 rings (SSSR count). The molecule has 0 saturated carbocycles. The molecule has 29 heteroatoms. The molecule has 0 spiro atoms. The van der Waals surface area contributed by atoms with Gasteiger partial charge in [0.2, 0.25) is 0 Å². The third-order valence-corrected chi connectivity index (χ3v) is 21.7. The third kappa shape index (κ3) is 15.9. The second kappa shape index (κ2) is 34.5. The molecule has 4 unspecified atom stereocenters. The number of pyridine rings is 4. The number of rotatable bonds is 18. The smallest absolute Gasteiger partial charge is 0.263 e. The Bertz CT molecular complexity index is 7550. The van der Waals surface area contributed by atoms with Gasteiger partial charge in [-0.1, -0.05) is 141 Å². The zero-order valence-corrected chi connectivity index (χ0v) is 68.2. The molecule has 28 nitrogen and oxygen atoms in total. The molecule has 12 aromatic heterocycles. The predicted molar refractivity (Wildman–Crippen MR) is 481 cm³/mol. The molecule has 0 bridgehead atoms. The van der Waals surface area contributed by atoms with E-state index < -0.39 is 5.82 Å². The van der Waals surface area contributed by atoms with Gasteiger partial charge in [-0.3, -0.25) is 37.4 Å². The van der Waals surface area contributed by atoms with E-state index in [0.29, 0.717) is 78.9 Å². The van der Waals surface area contributed by atoms with Gasteiger partial charge in [0.1, 0.15) is 53.2 Å². The summed E-state index contributed by atoms with van der Waals surface area (Å²) >= 11 is 0. The van der Waals surface area contributed by atoms with E-state index in [9.17, 15) is 23.6 Å². The highest BCUT2D eigenvalue weighted by atomic mass is 19.1. The topological polar surface area (TPSA) is 354 Å². The molecular formula is C94H83FN24O4. The lowest BCUT2D eigenvalue weighted by atomic mass is 10.0. The molecule has 610 valence electrons. The second-order valence-electron chi connectivity index (χ2n) is 29.8. The number of hydrogen-bond donors (Lipinski definition) is 8. The number of benzene rings is 8. The Balaban J connectivity index is 0.000000116. The van der Waals surface area contributed by atoms with Crippen molar-refractivity contribution in [1.29, 1.82) is 0 Å². The van der Waals surface area contributed by atoms with Crippen molar-refractivity contribution in [1.82, 2.24) is 98.0 Å². The highest BCUT2D eigenvalue weighted by molar-refractivity contribution is 5.90. The molecule has 12 heterocycles. The van der Waals surface area contributed by atoms with Crippen LogP contribution in [0.25, 0.3) is 110 Å². The summed E-state index contributed by atoms with van der Waals surface area (Å²) in [5.41, 5.74) is 14.9. The highest BCUT2D eigenvalue weighted by Gasteiger charge is 2.26. The normalized spacial score (nSPS) is 12.3.